The van der Waals surface area contributed by atoms with Crippen LogP contribution in [0.3, 0.4) is 0 Å². The van der Waals surface area contributed by atoms with Gasteiger partial charge in [0.25, 0.3) is 0 Å². The van der Waals surface area contributed by atoms with E-state index in [0.29, 0.717) is 40.7 Å². The van der Waals surface area contributed by atoms with Crippen molar-refractivity contribution in [2.45, 2.75) is 6.42 Å². The Labute approximate surface area is 165 Å². The lowest BCUT2D eigenvalue weighted by Gasteiger charge is -2.02. The fourth-order valence-electron chi connectivity index (χ4n) is 1.95. The first kappa shape index (κ1) is 19.9. The van der Waals surface area contributed by atoms with Crippen LogP contribution in [0.5, 0.6) is 11.5 Å². The molecule has 0 heterocycles. The third-order valence-corrected chi connectivity index (χ3v) is 4.16. The van der Waals surface area contributed by atoms with Gasteiger partial charge >= 0.3 is 0 Å². The van der Waals surface area contributed by atoms with E-state index in [0.717, 1.165) is 0 Å². The molecule has 0 amide bonds. The Morgan fingerprint density at radius 3 is 1.52 bits per heavy atom. The third-order valence-electron chi connectivity index (χ3n) is 3.15. The Morgan fingerprint density at radius 1 is 0.720 bits per heavy atom. The molecular formula is C17H14Cl4N2O2. The van der Waals surface area contributed by atoms with Gasteiger partial charge in [-0.25, -0.2) is 0 Å². The first-order valence-corrected chi connectivity index (χ1v) is 8.75. The van der Waals surface area contributed by atoms with Crippen molar-refractivity contribution < 1.29 is 10.2 Å². The Balaban J connectivity index is 1.86. The molecule has 132 valence electrons. The van der Waals surface area contributed by atoms with Crippen LogP contribution >= 0.6 is 46.4 Å². The van der Waals surface area contributed by atoms with E-state index in [4.69, 9.17) is 46.4 Å². The number of nitrogens with zero attached hydrogens (tertiary/aromatic N) is 2. The predicted molar refractivity (Wildman–Crippen MR) is 106 cm³/mol. The third kappa shape index (κ3) is 5.79. The summed E-state index contributed by atoms with van der Waals surface area (Å²) in [7, 11) is 0. The van der Waals surface area contributed by atoms with Crippen LogP contribution in [0.15, 0.2) is 34.3 Å². The van der Waals surface area contributed by atoms with Crippen LogP contribution in [0.4, 0.5) is 0 Å². The molecule has 0 aliphatic heterocycles. The van der Waals surface area contributed by atoms with E-state index in [1.807, 2.05) is 0 Å². The van der Waals surface area contributed by atoms with Gasteiger partial charge in [-0.3, -0.25) is 9.98 Å². The van der Waals surface area contributed by atoms with Crippen molar-refractivity contribution in [3.05, 3.63) is 55.5 Å². The summed E-state index contributed by atoms with van der Waals surface area (Å²) in [6.45, 7) is 1.01. The molecule has 0 aliphatic carbocycles. The largest absolute Gasteiger partial charge is 0.506 e. The fourth-order valence-corrected chi connectivity index (χ4v) is 2.97. The topological polar surface area (TPSA) is 65.2 Å². The molecule has 25 heavy (non-hydrogen) atoms. The second-order valence-electron chi connectivity index (χ2n) is 5.08. The highest BCUT2D eigenvalue weighted by Crippen LogP contribution is 2.30. The average molecular weight is 420 g/mol. The molecule has 2 aromatic carbocycles. The monoisotopic (exact) mass is 418 g/mol. The predicted octanol–water partition coefficient (Wildman–Crippen LogP) is 5.64. The Morgan fingerprint density at radius 2 is 1.12 bits per heavy atom. The Bertz CT molecular complexity index is 755. The summed E-state index contributed by atoms with van der Waals surface area (Å²) in [6, 6.07) is 6.08. The van der Waals surface area contributed by atoms with Crippen molar-refractivity contribution in [2.24, 2.45) is 9.98 Å². The Kier molecular flexibility index (Phi) is 7.38. The van der Waals surface area contributed by atoms with Crippen LogP contribution in [0.25, 0.3) is 0 Å². The van der Waals surface area contributed by atoms with Gasteiger partial charge in [-0.2, -0.15) is 0 Å². The molecule has 0 radical (unpaired) electrons. The number of aliphatic imine (C=N–C) groups is 2. The minimum atomic E-state index is -0.0545. The molecule has 2 N–H and O–H groups in total. The van der Waals surface area contributed by atoms with E-state index in [1.54, 1.807) is 12.1 Å². The molecule has 0 atom stereocenters. The highest BCUT2D eigenvalue weighted by atomic mass is 35.5. The van der Waals surface area contributed by atoms with Gasteiger partial charge in [0.2, 0.25) is 0 Å². The summed E-state index contributed by atoms with van der Waals surface area (Å²) < 4.78 is 0. The van der Waals surface area contributed by atoms with E-state index in [-0.39, 0.29) is 21.5 Å². The molecule has 4 nitrogen and oxygen atoms in total. The van der Waals surface area contributed by atoms with Crippen LogP contribution in [0.1, 0.15) is 17.5 Å². The molecule has 0 aliphatic rings. The number of hydrogen-bond acceptors (Lipinski definition) is 4. The zero-order valence-corrected chi connectivity index (χ0v) is 15.9. The van der Waals surface area contributed by atoms with Crippen LogP contribution in [-0.2, 0) is 0 Å². The SMILES string of the molecule is Oc1c(Cl)cc(Cl)cc1C=NCCCN=Cc1cc(Cl)cc(Cl)c1O. The number of phenolic OH excluding ortho intramolecular Hbond substituents is 2. The lowest BCUT2D eigenvalue weighted by Crippen LogP contribution is -1.91. The first-order chi connectivity index (χ1) is 11.9. The molecule has 2 rings (SSSR count). The molecule has 8 heteroatoms. The molecular weight excluding hydrogens is 406 g/mol. The van der Waals surface area contributed by atoms with Crippen LogP contribution in [0, 0.1) is 0 Å². The molecule has 0 unspecified atom stereocenters. The zero-order chi connectivity index (χ0) is 18.4. The minimum absolute atomic E-state index is 0.0545. The van der Waals surface area contributed by atoms with Crippen molar-refractivity contribution in [1.29, 1.82) is 0 Å². The summed E-state index contributed by atoms with van der Waals surface area (Å²) >= 11 is 23.4. The highest BCUT2D eigenvalue weighted by molar-refractivity contribution is 6.36. The van der Waals surface area contributed by atoms with Crippen molar-refractivity contribution in [3.63, 3.8) is 0 Å². The van der Waals surface area contributed by atoms with E-state index in [2.05, 4.69) is 9.98 Å². The van der Waals surface area contributed by atoms with Gasteiger partial charge in [0.05, 0.1) is 10.0 Å². The van der Waals surface area contributed by atoms with Gasteiger partial charge in [0.15, 0.2) is 0 Å². The van der Waals surface area contributed by atoms with Gasteiger partial charge in [0, 0.05) is 46.7 Å². The molecule has 0 aromatic heterocycles. The minimum Gasteiger partial charge on any atom is -0.506 e. The van der Waals surface area contributed by atoms with Crippen LogP contribution in [-0.4, -0.2) is 35.7 Å². The number of hydrogen-bond donors (Lipinski definition) is 2. The van der Waals surface area contributed by atoms with Crippen LogP contribution in [0.2, 0.25) is 20.1 Å². The normalized spacial score (nSPS) is 11.7. The van der Waals surface area contributed by atoms with Gasteiger partial charge < -0.3 is 10.2 Å². The number of aromatic hydroxyl groups is 2. The highest BCUT2D eigenvalue weighted by Gasteiger charge is 2.06. The van der Waals surface area contributed by atoms with Crippen LogP contribution < -0.4 is 0 Å². The maximum absolute atomic E-state index is 9.81. The molecule has 0 bridgehead atoms. The van der Waals surface area contributed by atoms with E-state index in [1.165, 1.54) is 24.6 Å². The van der Waals surface area contributed by atoms with Gasteiger partial charge in [-0.15, -0.1) is 0 Å². The van der Waals surface area contributed by atoms with Gasteiger partial charge in [-0.05, 0) is 30.7 Å². The van der Waals surface area contributed by atoms with E-state index in [9.17, 15) is 10.2 Å². The van der Waals surface area contributed by atoms with Crippen molar-refractivity contribution in [1.82, 2.24) is 0 Å². The second-order valence-corrected chi connectivity index (χ2v) is 6.76. The second kappa shape index (κ2) is 9.30. The standard InChI is InChI=1S/C17H14Cl4N2O2/c18-12-4-10(16(24)14(20)6-12)8-22-2-1-3-23-9-11-5-13(19)7-15(21)17(11)25/h4-9,24-25H,1-3H2. The molecule has 0 spiro atoms. The summed E-state index contributed by atoms with van der Waals surface area (Å²) in [5.41, 5.74) is 0.916. The smallest absolute Gasteiger partial charge is 0.143 e. The molecule has 2 aromatic rings. The van der Waals surface area contributed by atoms with Crippen molar-refractivity contribution in [2.75, 3.05) is 13.1 Å². The van der Waals surface area contributed by atoms with Crippen molar-refractivity contribution in [3.8, 4) is 11.5 Å². The first-order valence-electron chi connectivity index (χ1n) is 7.24. The number of halogens is 4. The van der Waals surface area contributed by atoms with Gasteiger partial charge in [-0.1, -0.05) is 46.4 Å². The average Bonchev–Trinajstić information content (AvgIpc) is 2.55. The summed E-state index contributed by atoms with van der Waals surface area (Å²) in [4.78, 5) is 8.41. The van der Waals surface area contributed by atoms with Gasteiger partial charge in [0.1, 0.15) is 11.5 Å². The number of benzene rings is 2. The number of phenols is 2. The lowest BCUT2D eigenvalue weighted by atomic mass is 10.2. The summed E-state index contributed by atoms with van der Waals surface area (Å²) in [5.74, 6) is -0.109. The number of rotatable bonds is 6. The molecule has 0 saturated heterocycles. The quantitative estimate of drug-likeness (QED) is 0.470. The zero-order valence-electron chi connectivity index (χ0n) is 12.9. The summed E-state index contributed by atoms with van der Waals surface area (Å²) in [6.07, 6.45) is 3.70. The van der Waals surface area contributed by atoms with Crippen molar-refractivity contribution >= 4 is 58.8 Å². The maximum Gasteiger partial charge on any atom is 0.143 e. The van der Waals surface area contributed by atoms with E-state index < -0.39 is 0 Å². The Hall–Kier alpha value is -1.46. The summed E-state index contributed by atoms with van der Waals surface area (Å²) in [5, 5.41) is 20.8. The maximum atomic E-state index is 9.81. The lowest BCUT2D eigenvalue weighted by molar-refractivity contribution is 0.474. The molecule has 0 saturated carbocycles. The molecule has 0 fully saturated rings. The fraction of sp³-hybridized carbons (Fsp3) is 0.176. The van der Waals surface area contributed by atoms with E-state index >= 15 is 0 Å².